The van der Waals surface area contributed by atoms with Gasteiger partial charge in [0.15, 0.2) is 5.82 Å². The van der Waals surface area contributed by atoms with Gasteiger partial charge >= 0.3 is 0 Å². The van der Waals surface area contributed by atoms with Gasteiger partial charge in [-0.2, -0.15) is 0 Å². The Kier molecular flexibility index (Phi) is 4.30. The standard InChI is InChI=1S/C22H26N4S/c1-11(2)18-9-8-17(10-12(18)3)20-19-13(4)15(6)27-22(19)26-16(7)24-25-21(26)14(5)23-20/h8-11,14H,1-7H3/t14-/m0/s1. The van der Waals surface area contributed by atoms with Gasteiger partial charge < -0.3 is 0 Å². The fraction of sp³-hybridized carbons (Fsp3) is 0.409. The van der Waals surface area contributed by atoms with E-state index in [0.29, 0.717) is 5.92 Å². The fourth-order valence-corrected chi connectivity index (χ4v) is 5.17. The van der Waals surface area contributed by atoms with E-state index in [1.54, 1.807) is 11.3 Å². The molecular formula is C22H26N4S. The molecule has 3 aromatic rings. The van der Waals surface area contributed by atoms with Crippen LogP contribution in [0.2, 0.25) is 0 Å². The van der Waals surface area contributed by atoms with E-state index < -0.39 is 0 Å². The van der Waals surface area contributed by atoms with Crippen LogP contribution in [0.5, 0.6) is 0 Å². The summed E-state index contributed by atoms with van der Waals surface area (Å²) in [5, 5.41) is 9.94. The van der Waals surface area contributed by atoms with Crippen molar-refractivity contribution in [1.29, 1.82) is 0 Å². The van der Waals surface area contributed by atoms with Gasteiger partial charge in [0.2, 0.25) is 0 Å². The molecule has 27 heavy (non-hydrogen) atoms. The van der Waals surface area contributed by atoms with E-state index in [1.165, 1.54) is 37.7 Å². The largest absolute Gasteiger partial charge is 0.273 e. The van der Waals surface area contributed by atoms with Crippen LogP contribution < -0.4 is 0 Å². The van der Waals surface area contributed by atoms with E-state index in [0.717, 1.165) is 17.4 Å². The summed E-state index contributed by atoms with van der Waals surface area (Å²) >= 11 is 1.81. The number of aryl methyl sites for hydroxylation is 3. The van der Waals surface area contributed by atoms with Crippen molar-refractivity contribution in [3.05, 3.63) is 62.5 Å². The molecule has 5 heteroatoms. The first-order valence-corrected chi connectivity index (χ1v) is 10.3. The summed E-state index contributed by atoms with van der Waals surface area (Å²) in [5.74, 6) is 2.36. The van der Waals surface area contributed by atoms with E-state index in [1.807, 2.05) is 6.92 Å². The van der Waals surface area contributed by atoms with Crippen molar-refractivity contribution in [3.8, 4) is 5.00 Å². The predicted octanol–water partition coefficient (Wildman–Crippen LogP) is 5.60. The summed E-state index contributed by atoms with van der Waals surface area (Å²) in [6.07, 6.45) is 0. The Hall–Kier alpha value is -2.27. The first-order chi connectivity index (χ1) is 12.8. The molecule has 0 radical (unpaired) electrons. The molecule has 1 aliphatic heterocycles. The van der Waals surface area contributed by atoms with Crippen LogP contribution in [-0.4, -0.2) is 20.5 Å². The summed E-state index contributed by atoms with van der Waals surface area (Å²) in [5.41, 5.74) is 7.50. The lowest BCUT2D eigenvalue weighted by Crippen LogP contribution is -2.08. The molecule has 1 aromatic carbocycles. The highest BCUT2D eigenvalue weighted by atomic mass is 32.1. The van der Waals surface area contributed by atoms with Crippen molar-refractivity contribution in [2.24, 2.45) is 4.99 Å². The minimum Gasteiger partial charge on any atom is -0.273 e. The SMILES string of the molecule is Cc1cc(C2=N[C@@H](C)c3nnc(C)n3-c3sc(C)c(C)c32)ccc1C(C)C. The summed E-state index contributed by atoms with van der Waals surface area (Å²) < 4.78 is 2.19. The topological polar surface area (TPSA) is 43.1 Å². The normalized spacial score (nSPS) is 16.1. The molecule has 2 aromatic heterocycles. The molecular weight excluding hydrogens is 352 g/mol. The van der Waals surface area contributed by atoms with Crippen LogP contribution in [0.3, 0.4) is 0 Å². The molecule has 1 aliphatic rings. The van der Waals surface area contributed by atoms with Gasteiger partial charge in [-0.1, -0.05) is 26.0 Å². The molecule has 0 N–H and O–H groups in total. The molecule has 1 atom stereocenters. The maximum absolute atomic E-state index is 5.13. The van der Waals surface area contributed by atoms with Crippen molar-refractivity contribution in [3.63, 3.8) is 0 Å². The van der Waals surface area contributed by atoms with E-state index in [2.05, 4.69) is 74.5 Å². The Morgan fingerprint density at radius 3 is 2.48 bits per heavy atom. The lowest BCUT2D eigenvalue weighted by Gasteiger charge is -2.14. The van der Waals surface area contributed by atoms with E-state index in [9.17, 15) is 0 Å². The lowest BCUT2D eigenvalue weighted by atomic mass is 9.92. The highest BCUT2D eigenvalue weighted by Crippen LogP contribution is 2.38. The number of benzene rings is 1. The van der Waals surface area contributed by atoms with Crippen LogP contribution >= 0.6 is 11.3 Å². The summed E-state index contributed by atoms with van der Waals surface area (Å²) in [6, 6.07) is 6.73. The van der Waals surface area contributed by atoms with Crippen LogP contribution in [0.15, 0.2) is 23.2 Å². The Bertz CT molecular complexity index is 1070. The van der Waals surface area contributed by atoms with Gasteiger partial charge in [0.1, 0.15) is 16.9 Å². The van der Waals surface area contributed by atoms with Crippen LogP contribution in [0.25, 0.3) is 5.00 Å². The third-order valence-corrected chi connectivity index (χ3v) is 6.71. The van der Waals surface area contributed by atoms with Gasteiger partial charge in [-0.3, -0.25) is 9.56 Å². The van der Waals surface area contributed by atoms with Gasteiger partial charge in [0.05, 0.1) is 5.71 Å². The molecule has 0 aliphatic carbocycles. The first kappa shape index (κ1) is 18.1. The quantitative estimate of drug-likeness (QED) is 0.583. The van der Waals surface area contributed by atoms with Gasteiger partial charge in [0, 0.05) is 16.0 Å². The number of rotatable bonds is 2. The maximum Gasteiger partial charge on any atom is 0.162 e. The monoisotopic (exact) mass is 378 g/mol. The Morgan fingerprint density at radius 1 is 1.07 bits per heavy atom. The molecule has 140 valence electrons. The van der Waals surface area contributed by atoms with Crippen LogP contribution in [0, 0.1) is 27.7 Å². The maximum atomic E-state index is 5.13. The van der Waals surface area contributed by atoms with Gasteiger partial charge in [-0.05, 0) is 63.3 Å². The van der Waals surface area contributed by atoms with Crippen molar-refractivity contribution in [1.82, 2.24) is 14.8 Å². The van der Waals surface area contributed by atoms with Crippen molar-refractivity contribution in [2.75, 3.05) is 0 Å². The average Bonchev–Trinajstić information content (AvgIpc) is 3.08. The molecule has 0 fully saturated rings. The first-order valence-electron chi connectivity index (χ1n) is 9.51. The third kappa shape index (κ3) is 2.76. The van der Waals surface area contributed by atoms with Crippen LogP contribution in [0.1, 0.15) is 77.1 Å². The van der Waals surface area contributed by atoms with E-state index in [4.69, 9.17) is 4.99 Å². The molecule has 0 amide bonds. The average molecular weight is 379 g/mol. The zero-order valence-corrected chi connectivity index (χ0v) is 17.9. The highest BCUT2D eigenvalue weighted by molar-refractivity contribution is 7.15. The minimum atomic E-state index is -0.0365. The zero-order valence-electron chi connectivity index (χ0n) is 17.1. The second-order valence-corrected chi connectivity index (χ2v) is 8.99. The number of hydrogen-bond donors (Lipinski definition) is 0. The molecule has 0 unspecified atom stereocenters. The number of thiophene rings is 1. The second kappa shape index (κ2) is 6.41. The molecule has 0 bridgehead atoms. The molecule has 0 saturated carbocycles. The Balaban J connectivity index is 1.99. The number of hydrogen-bond acceptors (Lipinski definition) is 4. The predicted molar refractivity (Wildman–Crippen MR) is 113 cm³/mol. The number of aliphatic imine (C=N–C) groups is 1. The lowest BCUT2D eigenvalue weighted by molar-refractivity contribution is 0.724. The number of fused-ring (bicyclic) bond motifs is 3. The van der Waals surface area contributed by atoms with Gasteiger partial charge in [0.25, 0.3) is 0 Å². The number of aromatic nitrogens is 3. The van der Waals surface area contributed by atoms with Gasteiger partial charge in [-0.15, -0.1) is 21.5 Å². The summed E-state index contributed by atoms with van der Waals surface area (Å²) in [6.45, 7) is 15.2. The summed E-state index contributed by atoms with van der Waals surface area (Å²) in [4.78, 5) is 6.45. The van der Waals surface area contributed by atoms with E-state index >= 15 is 0 Å². The third-order valence-electron chi connectivity index (χ3n) is 5.52. The smallest absolute Gasteiger partial charge is 0.162 e. The molecule has 0 spiro atoms. The van der Waals surface area contributed by atoms with Crippen LogP contribution in [-0.2, 0) is 0 Å². The highest BCUT2D eigenvalue weighted by Gasteiger charge is 2.29. The molecule has 3 heterocycles. The molecule has 0 saturated heterocycles. The van der Waals surface area contributed by atoms with Gasteiger partial charge in [-0.25, -0.2) is 0 Å². The molecule has 4 nitrogen and oxygen atoms in total. The second-order valence-electron chi connectivity index (χ2n) is 7.78. The Morgan fingerprint density at radius 2 is 1.81 bits per heavy atom. The zero-order chi connectivity index (χ0) is 19.5. The van der Waals surface area contributed by atoms with Crippen molar-refractivity contribution < 1.29 is 0 Å². The Labute approximate surface area is 165 Å². The van der Waals surface area contributed by atoms with Crippen molar-refractivity contribution >= 4 is 17.0 Å². The summed E-state index contributed by atoms with van der Waals surface area (Å²) in [7, 11) is 0. The molecule has 4 rings (SSSR count). The van der Waals surface area contributed by atoms with Crippen LogP contribution in [0.4, 0.5) is 0 Å². The van der Waals surface area contributed by atoms with E-state index in [-0.39, 0.29) is 6.04 Å². The number of nitrogens with zero attached hydrogens (tertiary/aromatic N) is 4. The van der Waals surface area contributed by atoms with Crippen molar-refractivity contribution in [2.45, 2.75) is 60.4 Å². The fourth-order valence-electron chi connectivity index (χ4n) is 3.95. The minimum absolute atomic E-state index is 0.0365.